The van der Waals surface area contributed by atoms with Crippen molar-refractivity contribution in [3.05, 3.63) is 29.8 Å². The number of anilines is 1. The number of carbonyl (C=O) groups excluding carboxylic acids is 1. The number of amides is 1. The van der Waals surface area contributed by atoms with Crippen LogP contribution >= 0.6 is 0 Å². The van der Waals surface area contributed by atoms with Crippen LogP contribution in [0.15, 0.2) is 24.3 Å². The number of benzene rings is 1. The maximum absolute atomic E-state index is 11.9. The molecule has 0 aliphatic rings. The minimum atomic E-state index is -3.30. The van der Waals surface area contributed by atoms with E-state index in [2.05, 4.69) is 23.9 Å². The van der Waals surface area contributed by atoms with Crippen LogP contribution < -0.4 is 10.0 Å². The number of sulfonamides is 1. The lowest BCUT2D eigenvalue weighted by Gasteiger charge is -2.08. The monoisotopic (exact) mass is 328 g/mol. The molecule has 0 saturated heterocycles. The molecule has 0 spiro atoms. The molecule has 0 unspecified atom stereocenters. The summed E-state index contributed by atoms with van der Waals surface area (Å²) in [6.07, 6.45) is 1.83. The van der Waals surface area contributed by atoms with Crippen LogP contribution in [-0.4, -0.2) is 40.3 Å². The Morgan fingerprint density at radius 1 is 1.23 bits per heavy atom. The summed E-state index contributed by atoms with van der Waals surface area (Å²) in [6, 6.07) is 6.28. The Hall–Kier alpha value is -1.60. The van der Waals surface area contributed by atoms with E-state index in [1.165, 1.54) is 0 Å². The van der Waals surface area contributed by atoms with Gasteiger partial charge in [-0.3, -0.25) is 9.52 Å². The maximum Gasteiger partial charge on any atom is 0.251 e. The second-order valence-electron chi connectivity index (χ2n) is 5.53. The van der Waals surface area contributed by atoms with Crippen molar-refractivity contribution in [2.45, 2.75) is 20.3 Å². The quantitative estimate of drug-likeness (QED) is 0.678. The first-order valence-corrected chi connectivity index (χ1v) is 9.11. The van der Waals surface area contributed by atoms with E-state index in [9.17, 15) is 13.2 Å². The van der Waals surface area contributed by atoms with Crippen molar-refractivity contribution in [3.63, 3.8) is 0 Å². The van der Waals surface area contributed by atoms with Crippen LogP contribution in [0, 0.1) is 5.92 Å². The number of ether oxygens (including phenoxy) is 1. The third-order valence-corrected chi connectivity index (χ3v) is 3.26. The Bertz CT molecular complexity index is 568. The summed E-state index contributed by atoms with van der Waals surface area (Å²) in [5.41, 5.74) is 0.920. The Morgan fingerprint density at radius 2 is 1.86 bits per heavy atom. The first-order valence-electron chi connectivity index (χ1n) is 7.22. The molecule has 7 heteroatoms. The molecule has 1 amide bonds. The maximum atomic E-state index is 11.9. The van der Waals surface area contributed by atoms with E-state index >= 15 is 0 Å². The smallest absolute Gasteiger partial charge is 0.251 e. The molecule has 1 rings (SSSR count). The van der Waals surface area contributed by atoms with Crippen molar-refractivity contribution < 1.29 is 17.9 Å². The molecule has 1 aromatic rings. The van der Waals surface area contributed by atoms with Gasteiger partial charge in [-0.05, 0) is 36.6 Å². The molecular formula is C15H24N2O4S. The predicted molar refractivity (Wildman–Crippen MR) is 87.5 cm³/mol. The molecule has 0 aliphatic carbocycles. The van der Waals surface area contributed by atoms with E-state index in [1.54, 1.807) is 24.3 Å². The van der Waals surface area contributed by atoms with Crippen LogP contribution in [0.1, 0.15) is 30.6 Å². The fourth-order valence-corrected chi connectivity index (χ4v) is 2.27. The van der Waals surface area contributed by atoms with Crippen molar-refractivity contribution in [1.29, 1.82) is 0 Å². The van der Waals surface area contributed by atoms with Gasteiger partial charge in [0.2, 0.25) is 10.0 Å². The summed E-state index contributed by atoms with van der Waals surface area (Å²) in [7, 11) is -3.30. The van der Waals surface area contributed by atoms with Crippen molar-refractivity contribution in [3.8, 4) is 0 Å². The van der Waals surface area contributed by atoms with Gasteiger partial charge in [-0.25, -0.2) is 8.42 Å². The molecule has 22 heavy (non-hydrogen) atoms. The largest absolute Gasteiger partial charge is 0.381 e. The predicted octanol–water partition coefficient (Wildman–Crippen LogP) is 1.85. The average Bonchev–Trinajstić information content (AvgIpc) is 2.41. The lowest BCUT2D eigenvalue weighted by Crippen LogP contribution is -2.25. The SMILES string of the molecule is CC(C)COCCCNC(=O)c1ccc(NS(C)(=O)=O)cc1. The van der Waals surface area contributed by atoms with E-state index < -0.39 is 10.0 Å². The second-order valence-corrected chi connectivity index (χ2v) is 7.28. The lowest BCUT2D eigenvalue weighted by atomic mass is 10.2. The average molecular weight is 328 g/mol. The molecule has 0 aromatic heterocycles. The summed E-state index contributed by atoms with van der Waals surface area (Å²) < 4.78 is 29.9. The molecule has 0 bridgehead atoms. The van der Waals surface area contributed by atoms with E-state index in [0.29, 0.717) is 30.3 Å². The lowest BCUT2D eigenvalue weighted by molar-refractivity contribution is 0.0925. The molecule has 0 fully saturated rings. The molecular weight excluding hydrogens is 304 g/mol. The van der Waals surface area contributed by atoms with Crippen molar-refractivity contribution >= 4 is 21.6 Å². The molecule has 0 atom stereocenters. The van der Waals surface area contributed by atoms with E-state index in [0.717, 1.165) is 19.3 Å². The summed E-state index contributed by atoms with van der Waals surface area (Å²) >= 11 is 0. The zero-order valence-corrected chi connectivity index (χ0v) is 14.1. The van der Waals surface area contributed by atoms with E-state index in [4.69, 9.17) is 4.74 Å². The molecule has 0 heterocycles. The molecule has 0 radical (unpaired) electrons. The molecule has 1 aromatic carbocycles. The van der Waals surface area contributed by atoms with Gasteiger partial charge in [0.1, 0.15) is 0 Å². The van der Waals surface area contributed by atoms with E-state index in [-0.39, 0.29) is 5.91 Å². The summed E-state index contributed by atoms with van der Waals surface area (Å²) in [5.74, 6) is 0.323. The fraction of sp³-hybridized carbons (Fsp3) is 0.533. The number of carbonyl (C=O) groups is 1. The topological polar surface area (TPSA) is 84.5 Å². The van der Waals surface area contributed by atoms with Crippen LogP contribution in [0.3, 0.4) is 0 Å². The third kappa shape index (κ3) is 7.99. The van der Waals surface area contributed by atoms with Gasteiger partial charge in [-0.15, -0.1) is 0 Å². The van der Waals surface area contributed by atoms with Gasteiger partial charge < -0.3 is 10.1 Å². The molecule has 0 aliphatic heterocycles. The van der Waals surface area contributed by atoms with Crippen LogP contribution in [0.25, 0.3) is 0 Å². The van der Waals surface area contributed by atoms with Crippen molar-refractivity contribution in [2.75, 3.05) is 30.7 Å². The van der Waals surface area contributed by atoms with Gasteiger partial charge in [0.25, 0.3) is 5.91 Å². The molecule has 2 N–H and O–H groups in total. The standard InChI is InChI=1S/C15H24N2O4S/c1-12(2)11-21-10-4-9-16-15(18)13-5-7-14(8-6-13)17-22(3,19)20/h5-8,12,17H,4,9-11H2,1-3H3,(H,16,18). The van der Waals surface area contributed by atoms with E-state index in [1.807, 2.05) is 0 Å². The van der Waals surface area contributed by atoms with Gasteiger partial charge in [0, 0.05) is 31.0 Å². The van der Waals surface area contributed by atoms with Gasteiger partial charge in [0.15, 0.2) is 0 Å². The fourth-order valence-electron chi connectivity index (χ4n) is 1.70. The molecule has 124 valence electrons. The summed E-state index contributed by atoms with van der Waals surface area (Å²) in [6.45, 7) is 6.06. The van der Waals surface area contributed by atoms with Crippen molar-refractivity contribution in [2.24, 2.45) is 5.92 Å². The number of rotatable bonds is 9. The highest BCUT2D eigenvalue weighted by Crippen LogP contribution is 2.10. The minimum absolute atomic E-state index is 0.185. The third-order valence-electron chi connectivity index (χ3n) is 2.65. The number of hydrogen-bond donors (Lipinski definition) is 2. The highest BCUT2D eigenvalue weighted by atomic mass is 32.2. The zero-order chi connectivity index (χ0) is 16.6. The Kier molecular flexibility index (Phi) is 7.34. The van der Waals surface area contributed by atoms with Gasteiger partial charge in [-0.1, -0.05) is 13.8 Å². The first-order chi connectivity index (χ1) is 10.3. The molecule has 6 nitrogen and oxygen atoms in total. The van der Waals surface area contributed by atoms with Gasteiger partial charge in [0.05, 0.1) is 6.26 Å². The highest BCUT2D eigenvalue weighted by molar-refractivity contribution is 7.92. The Labute approximate surface area is 132 Å². The molecule has 0 saturated carbocycles. The zero-order valence-electron chi connectivity index (χ0n) is 13.3. The van der Waals surface area contributed by atoms with Gasteiger partial charge >= 0.3 is 0 Å². The van der Waals surface area contributed by atoms with Gasteiger partial charge in [-0.2, -0.15) is 0 Å². The number of hydrogen-bond acceptors (Lipinski definition) is 4. The second kappa shape index (κ2) is 8.75. The Balaban J connectivity index is 2.34. The van der Waals surface area contributed by atoms with Crippen LogP contribution in [0.2, 0.25) is 0 Å². The first kappa shape index (κ1) is 18.4. The summed E-state index contributed by atoms with van der Waals surface area (Å²) in [5, 5.41) is 2.80. The van der Waals surface area contributed by atoms with Crippen LogP contribution in [0.5, 0.6) is 0 Å². The van der Waals surface area contributed by atoms with Crippen LogP contribution in [-0.2, 0) is 14.8 Å². The number of nitrogens with one attached hydrogen (secondary N) is 2. The highest BCUT2D eigenvalue weighted by Gasteiger charge is 2.06. The minimum Gasteiger partial charge on any atom is -0.381 e. The Morgan fingerprint density at radius 3 is 2.41 bits per heavy atom. The van der Waals surface area contributed by atoms with Crippen molar-refractivity contribution in [1.82, 2.24) is 5.32 Å². The summed E-state index contributed by atoms with van der Waals surface area (Å²) in [4.78, 5) is 11.9. The van der Waals surface area contributed by atoms with Crippen LogP contribution in [0.4, 0.5) is 5.69 Å². The normalized spacial score (nSPS) is 11.5.